The highest BCUT2D eigenvalue weighted by Gasteiger charge is 2.26. The van der Waals surface area contributed by atoms with Crippen LogP contribution in [0.25, 0.3) is 10.9 Å². The van der Waals surface area contributed by atoms with E-state index in [2.05, 4.69) is 43.0 Å². The molecule has 0 N–H and O–H groups in total. The summed E-state index contributed by atoms with van der Waals surface area (Å²) < 4.78 is 0. The highest BCUT2D eigenvalue weighted by atomic mass is 16.2. The van der Waals surface area contributed by atoms with Gasteiger partial charge in [0.2, 0.25) is 0 Å². The summed E-state index contributed by atoms with van der Waals surface area (Å²) in [7, 11) is 0. The van der Waals surface area contributed by atoms with Crippen LogP contribution < -0.4 is 4.90 Å². The summed E-state index contributed by atoms with van der Waals surface area (Å²) in [4.78, 5) is 35.5. The van der Waals surface area contributed by atoms with Crippen LogP contribution >= 0.6 is 0 Å². The van der Waals surface area contributed by atoms with Crippen LogP contribution in [0.5, 0.6) is 0 Å². The highest BCUT2D eigenvalue weighted by Crippen LogP contribution is 2.26. The van der Waals surface area contributed by atoms with Gasteiger partial charge < -0.3 is 9.80 Å². The number of amides is 1. The zero-order chi connectivity index (χ0) is 23.7. The Balaban J connectivity index is 1.34. The van der Waals surface area contributed by atoms with Crippen LogP contribution in [0.4, 0.5) is 5.82 Å². The summed E-state index contributed by atoms with van der Waals surface area (Å²) in [5, 5.41) is 1.18. The Labute approximate surface area is 199 Å². The predicted molar refractivity (Wildman–Crippen MR) is 136 cm³/mol. The van der Waals surface area contributed by atoms with Crippen molar-refractivity contribution in [3.8, 4) is 0 Å². The zero-order valence-electron chi connectivity index (χ0n) is 19.5. The summed E-state index contributed by atoms with van der Waals surface area (Å²) in [5.74, 6) is 0.721. The van der Waals surface area contributed by atoms with E-state index in [1.165, 1.54) is 10.9 Å². The summed E-state index contributed by atoms with van der Waals surface area (Å²) >= 11 is 0. The van der Waals surface area contributed by atoms with Gasteiger partial charge in [0.15, 0.2) is 5.78 Å². The topological polar surface area (TPSA) is 53.5 Å². The number of rotatable bonds is 4. The maximum absolute atomic E-state index is 13.4. The Bertz CT molecular complexity index is 1370. The van der Waals surface area contributed by atoms with E-state index < -0.39 is 0 Å². The number of carbonyl (C=O) groups excluding carboxylic acids is 2. The molecule has 1 saturated heterocycles. The Morgan fingerprint density at radius 1 is 0.735 bits per heavy atom. The second kappa shape index (κ2) is 9.10. The number of ketones is 1. The lowest BCUT2D eigenvalue weighted by molar-refractivity contribution is 0.0742. The number of carbonyl (C=O) groups is 2. The molecule has 170 valence electrons. The highest BCUT2D eigenvalue weighted by molar-refractivity contribution is 6.15. The lowest BCUT2D eigenvalue weighted by Gasteiger charge is -2.36. The van der Waals surface area contributed by atoms with E-state index in [1.807, 2.05) is 29.2 Å². The minimum Gasteiger partial charge on any atom is -0.353 e. The van der Waals surface area contributed by atoms with E-state index in [4.69, 9.17) is 4.98 Å². The molecule has 4 aromatic rings. The molecular formula is C29H27N3O2. The van der Waals surface area contributed by atoms with Gasteiger partial charge in [-0.25, -0.2) is 4.98 Å². The van der Waals surface area contributed by atoms with Crippen LogP contribution in [0.1, 0.15) is 37.4 Å². The van der Waals surface area contributed by atoms with Gasteiger partial charge in [0.25, 0.3) is 5.91 Å². The molecule has 1 amide bonds. The number of fused-ring (bicyclic) bond motifs is 1. The predicted octanol–water partition coefficient (Wildman–Crippen LogP) is 5.05. The Morgan fingerprint density at radius 3 is 2.15 bits per heavy atom. The fraction of sp³-hybridized carbons (Fsp3) is 0.207. The first-order chi connectivity index (χ1) is 16.5. The molecule has 0 radical (unpaired) electrons. The summed E-state index contributed by atoms with van der Waals surface area (Å²) in [5.41, 5.74) is 4.89. The van der Waals surface area contributed by atoms with Crippen molar-refractivity contribution in [2.75, 3.05) is 31.1 Å². The van der Waals surface area contributed by atoms with E-state index in [0.717, 1.165) is 16.9 Å². The number of hydrogen-bond acceptors (Lipinski definition) is 4. The third kappa shape index (κ3) is 4.05. The number of hydrogen-bond donors (Lipinski definition) is 0. The first-order valence-corrected chi connectivity index (χ1v) is 11.6. The lowest BCUT2D eigenvalue weighted by atomic mass is 9.97. The fourth-order valence-electron chi connectivity index (χ4n) is 4.63. The second-order valence-electron chi connectivity index (χ2n) is 8.79. The number of nitrogens with zero attached hydrogens (tertiary/aromatic N) is 3. The minimum absolute atomic E-state index is 0.0990. The first-order valence-electron chi connectivity index (χ1n) is 11.6. The van der Waals surface area contributed by atoms with Crippen molar-refractivity contribution >= 4 is 28.4 Å². The molecule has 0 bridgehead atoms. The molecule has 2 heterocycles. The summed E-state index contributed by atoms with van der Waals surface area (Å²) in [6.45, 7) is 6.77. The number of para-hydroxylation sites is 1. The van der Waals surface area contributed by atoms with Gasteiger partial charge in [-0.3, -0.25) is 9.59 Å². The van der Waals surface area contributed by atoms with Crippen molar-refractivity contribution in [3.63, 3.8) is 0 Å². The third-order valence-electron chi connectivity index (χ3n) is 6.56. The third-order valence-corrected chi connectivity index (χ3v) is 6.56. The van der Waals surface area contributed by atoms with Crippen LogP contribution in [0, 0.1) is 13.8 Å². The number of aromatic nitrogens is 1. The van der Waals surface area contributed by atoms with Gasteiger partial charge in [-0.1, -0.05) is 66.7 Å². The molecule has 1 aliphatic rings. The minimum atomic E-state index is -0.130. The van der Waals surface area contributed by atoms with E-state index in [1.54, 1.807) is 30.3 Å². The van der Waals surface area contributed by atoms with Crippen LogP contribution in [-0.4, -0.2) is 47.8 Å². The Morgan fingerprint density at radius 2 is 1.41 bits per heavy atom. The Hall–Kier alpha value is -3.99. The van der Waals surface area contributed by atoms with Crippen molar-refractivity contribution in [1.29, 1.82) is 0 Å². The van der Waals surface area contributed by atoms with Gasteiger partial charge in [-0.2, -0.15) is 0 Å². The average molecular weight is 450 g/mol. The van der Waals surface area contributed by atoms with Crippen LogP contribution in [0.3, 0.4) is 0 Å². The zero-order valence-corrected chi connectivity index (χ0v) is 19.5. The summed E-state index contributed by atoms with van der Waals surface area (Å²) in [6.07, 6.45) is 0. The maximum atomic E-state index is 13.4. The number of benzene rings is 3. The molecule has 0 aliphatic carbocycles. The monoisotopic (exact) mass is 449 g/mol. The fourth-order valence-corrected chi connectivity index (χ4v) is 4.63. The lowest BCUT2D eigenvalue weighted by Crippen LogP contribution is -2.49. The maximum Gasteiger partial charge on any atom is 0.254 e. The van der Waals surface area contributed by atoms with Gasteiger partial charge >= 0.3 is 0 Å². The van der Waals surface area contributed by atoms with E-state index in [-0.39, 0.29) is 11.7 Å². The van der Waals surface area contributed by atoms with Crippen LogP contribution in [0.2, 0.25) is 0 Å². The van der Waals surface area contributed by atoms with Gasteiger partial charge in [0.05, 0.1) is 11.1 Å². The molecule has 1 aliphatic heterocycles. The van der Waals surface area contributed by atoms with E-state index in [9.17, 15) is 9.59 Å². The quantitative estimate of drug-likeness (QED) is 0.410. The molecular weight excluding hydrogens is 422 g/mol. The smallest absolute Gasteiger partial charge is 0.254 e. The molecule has 1 aromatic heterocycles. The molecule has 3 aromatic carbocycles. The van der Waals surface area contributed by atoms with E-state index >= 15 is 0 Å². The number of aryl methyl sites for hydroxylation is 2. The second-order valence-corrected chi connectivity index (χ2v) is 8.79. The summed E-state index contributed by atoms with van der Waals surface area (Å²) in [6, 6.07) is 24.6. The molecule has 0 atom stereocenters. The Kier molecular flexibility index (Phi) is 5.84. The van der Waals surface area contributed by atoms with Gasteiger partial charge in [-0.05, 0) is 37.1 Å². The molecule has 5 heteroatoms. The van der Waals surface area contributed by atoms with Gasteiger partial charge in [0.1, 0.15) is 5.82 Å². The SMILES string of the molecule is Cc1cc(N2CCN(C(=O)c3ccccc3C(=O)c3ccccc3)CC2)nc2c(C)cccc12. The first kappa shape index (κ1) is 21.8. The number of anilines is 1. The molecule has 0 saturated carbocycles. The molecule has 0 spiro atoms. The molecule has 0 unspecified atom stereocenters. The van der Waals surface area contributed by atoms with Crippen LogP contribution in [0.15, 0.2) is 78.9 Å². The average Bonchev–Trinajstić information content (AvgIpc) is 2.89. The van der Waals surface area contributed by atoms with Crippen molar-refractivity contribution in [2.45, 2.75) is 13.8 Å². The van der Waals surface area contributed by atoms with Crippen molar-refractivity contribution < 1.29 is 9.59 Å². The molecule has 5 nitrogen and oxygen atoms in total. The van der Waals surface area contributed by atoms with E-state index in [0.29, 0.717) is 42.9 Å². The van der Waals surface area contributed by atoms with Crippen molar-refractivity contribution in [1.82, 2.24) is 9.88 Å². The standard InChI is InChI=1S/C29H27N3O2/c1-20-9-8-14-23-21(2)19-26(30-27(20)23)31-15-17-32(18-16-31)29(34)25-13-7-6-12-24(25)28(33)22-10-4-3-5-11-22/h3-14,19H,15-18H2,1-2H3. The van der Waals surface area contributed by atoms with Gasteiger partial charge in [0, 0.05) is 42.7 Å². The van der Waals surface area contributed by atoms with Gasteiger partial charge in [-0.15, -0.1) is 0 Å². The number of pyridine rings is 1. The van der Waals surface area contributed by atoms with Crippen molar-refractivity contribution in [2.24, 2.45) is 0 Å². The normalized spacial score (nSPS) is 13.8. The molecule has 34 heavy (non-hydrogen) atoms. The largest absolute Gasteiger partial charge is 0.353 e. The molecule has 1 fully saturated rings. The molecule has 5 rings (SSSR count). The van der Waals surface area contributed by atoms with Crippen LogP contribution in [-0.2, 0) is 0 Å². The van der Waals surface area contributed by atoms with Crippen molar-refractivity contribution in [3.05, 3.63) is 107 Å². The number of piperazine rings is 1.